The molecule has 0 unspecified atom stereocenters. The van der Waals surface area contributed by atoms with Crippen molar-refractivity contribution in [2.75, 3.05) is 20.8 Å². The highest BCUT2D eigenvalue weighted by Gasteiger charge is 2.36. The van der Waals surface area contributed by atoms with Gasteiger partial charge >= 0.3 is 0 Å². The molecule has 3 atom stereocenters. The minimum absolute atomic E-state index is 0.197. The average Bonchev–Trinajstić information content (AvgIpc) is 2.54. The van der Waals surface area contributed by atoms with Crippen LogP contribution in [-0.2, 0) is 4.74 Å². The molecule has 122 valence electrons. The summed E-state index contributed by atoms with van der Waals surface area (Å²) in [5.41, 5.74) is 0.415. The van der Waals surface area contributed by atoms with Crippen molar-refractivity contribution in [3.8, 4) is 5.88 Å². The number of ether oxygens (including phenoxy) is 2. The Labute approximate surface area is 131 Å². The number of aliphatic hydroxyl groups excluding tert-OH is 1. The third-order valence-electron chi connectivity index (χ3n) is 4.17. The number of hydrogen-bond donors (Lipinski definition) is 1. The molecule has 0 bridgehead atoms. The van der Waals surface area contributed by atoms with Gasteiger partial charge < -0.3 is 19.5 Å². The van der Waals surface area contributed by atoms with Crippen LogP contribution in [-0.4, -0.2) is 59.9 Å². The summed E-state index contributed by atoms with van der Waals surface area (Å²) in [4.78, 5) is 18.4. The molecule has 1 aromatic rings. The second kappa shape index (κ2) is 7.56. The number of methoxy groups -OCH3 is 1. The molecule has 1 aromatic heterocycles. The zero-order valence-corrected chi connectivity index (χ0v) is 13.4. The second-order valence-corrected chi connectivity index (χ2v) is 5.47. The molecule has 6 nitrogen and oxygen atoms in total. The van der Waals surface area contributed by atoms with Gasteiger partial charge in [-0.3, -0.25) is 4.79 Å². The first-order chi connectivity index (χ1) is 10.6. The van der Waals surface area contributed by atoms with Crippen LogP contribution >= 0.6 is 0 Å². The normalized spacial score (nSPS) is 24.8. The van der Waals surface area contributed by atoms with E-state index in [1.54, 1.807) is 37.4 Å². The van der Waals surface area contributed by atoms with Gasteiger partial charge in [-0.25, -0.2) is 4.98 Å². The Kier molecular flexibility index (Phi) is 5.74. The van der Waals surface area contributed by atoms with Gasteiger partial charge in [-0.1, -0.05) is 0 Å². The lowest BCUT2D eigenvalue weighted by atomic mass is 9.88. The van der Waals surface area contributed by atoms with E-state index in [0.29, 0.717) is 18.1 Å². The van der Waals surface area contributed by atoms with E-state index in [4.69, 9.17) is 9.47 Å². The molecule has 0 saturated heterocycles. The molecule has 1 aliphatic rings. The molecule has 6 heteroatoms. The van der Waals surface area contributed by atoms with E-state index < -0.39 is 6.10 Å². The van der Waals surface area contributed by atoms with Gasteiger partial charge in [-0.2, -0.15) is 0 Å². The van der Waals surface area contributed by atoms with Crippen molar-refractivity contribution >= 4 is 5.91 Å². The van der Waals surface area contributed by atoms with Crippen LogP contribution in [0.15, 0.2) is 18.3 Å². The van der Waals surface area contributed by atoms with Gasteiger partial charge in [0.2, 0.25) is 5.88 Å². The number of aromatic nitrogens is 1. The van der Waals surface area contributed by atoms with Crippen molar-refractivity contribution < 1.29 is 19.4 Å². The van der Waals surface area contributed by atoms with E-state index in [-0.39, 0.29) is 18.1 Å². The summed E-state index contributed by atoms with van der Waals surface area (Å²) in [6.07, 6.45) is 3.18. The van der Waals surface area contributed by atoms with Crippen LogP contribution in [0.3, 0.4) is 0 Å². The largest absolute Gasteiger partial charge is 0.477 e. The Hall–Kier alpha value is -1.66. The molecule has 0 aromatic carbocycles. The molecule has 1 heterocycles. The van der Waals surface area contributed by atoms with Crippen LogP contribution in [0.25, 0.3) is 0 Å². The standard InChI is InChI=1S/C16H24N2O4/c1-4-22-15-11(7-6-10-17-15)16(20)18(2)12-8-5-9-13(21-3)14(12)19/h6-7,10,12-14,19H,4-5,8-9H2,1-3H3/t12-,13-,14-/m1/s1. The lowest BCUT2D eigenvalue weighted by molar-refractivity contribution is -0.0714. The smallest absolute Gasteiger partial charge is 0.259 e. The molecule has 1 saturated carbocycles. The Morgan fingerprint density at radius 1 is 1.50 bits per heavy atom. The molecule has 0 spiro atoms. The van der Waals surface area contributed by atoms with Crippen LogP contribution in [0.1, 0.15) is 36.5 Å². The first-order valence-corrected chi connectivity index (χ1v) is 7.66. The Morgan fingerprint density at radius 3 is 2.95 bits per heavy atom. The predicted octanol–water partition coefficient (Wildman–Crippen LogP) is 1.48. The predicted molar refractivity (Wildman–Crippen MR) is 81.9 cm³/mol. The van der Waals surface area contributed by atoms with Crippen molar-refractivity contribution in [3.63, 3.8) is 0 Å². The highest BCUT2D eigenvalue weighted by molar-refractivity contribution is 5.96. The lowest BCUT2D eigenvalue weighted by Crippen LogP contribution is -2.52. The van der Waals surface area contributed by atoms with Gasteiger partial charge in [0.1, 0.15) is 11.7 Å². The van der Waals surface area contributed by atoms with E-state index in [1.165, 1.54) is 0 Å². The van der Waals surface area contributed by atoms with E-state index in [9.17, 15) is 9.90 Å². The van der Waals surface area contributed by atoms with E-state index in [0.717, 1.165) is 19.3 Å². The van der Waals surface area contributed by atoms with Crippen molar-refractivity contribution in [1.82, 2.24) is 9.88 Å². The SMILES string of the molecule is CCOc1ncccc1C(=O)N(C)[C@@H]1CCC[C@@H](OC)[C@@H]1O. The van der Waals surface area contributed by atoms with Crippen LogP contribution < -0.4 is 4.74 Å². The van der Waals surface area contributed by atoms with E-state index in [2.05, 4.69) is 4.98 Å². The maximum absolute atomic E-state index is 12.7. The molecule has 1 aliphatic carbocycles. The third kappa shape index (κ3) is 3.39. The number of hydrogen-bond acceptors (Lipinski definition) is 5. The van der Waals surface area contributed by atoms with Gasteiger partial charge in [0.25, 0.3) is 5.91 Å². The van der Waals surface area contributed by atoms with E-state index in [1.807, 2.05) is 6.92 Å². The molecule has 22 heavy (non-hydrogen) atoms. The molecular weight excluding hydrogens is 284 g/mol. The van der Waals surface area contributed by atoms with Crippen LogP contribution in [0.2, 0.25) is 0 Å². The van der Waals surface area contributed by atoms with Crippen molar-refractivity contribution in [3.05, 3.63) is 23.9 Å². The van der Waals surface area contributed by atoms with E-state index >= 15 is 0 Å². The summed E-state index contributed by atoms with van der Waals surface area (Å²) in [5.74, 6) is 0.132. The second-order valence-electron chi connectivity index (χ2n) is 5.47. The molecule has 1 amide bonds. The average molecular weight is 308 g/mol. The number of carbonyl (C=O) groups is 1. The van der Waals surface area contributed by atoms with Gasteiger partial charge in [-0.05, 0) is 38.3 Å². The number of nitrogens with zero attached hydrogens (tertiary/aromatic N) is 2. The number of rotatable bonds is 5. The highest BCUT2D eigenvalue weighted by Crippen LogP contribution is 2.27. The third-order valence-corrected chi connectivity index (χ3v) is 4.17. The van der Waals surface area contributed by atoms with Crippen LogP contribution in [0.4, 0.5) is 0 Å². The molecule has 2 rings (SSSR count). The molecule has 0 aliphatic heterocycles. The maximum atomic E-state index is 12.7. The monoisotopic (exact) mass is 308 g/mol. The lowest BCUT2D eigenvalue weighted by Gasteiger charge is -2.39. The fraction of sp³-hybridized carbons (Fsp3) is 0.625. The minimum Gasteiger partial charge on any atom is -0.477 e. The number of likely N-dealkylation sites (N-methyl/N-ethyl adjacent to an activating group) is 1. The van der Waals surface area contributed by atoms with Crippen LogP contribution in [0.5, 0.6) is 5.88 Å². The molecule has 0 radical (unpaired) electrons. The fourth-order valence-electron chi connectivity index (χ4n) is 2.94. The minimum atomic E-state index is -0.681. The summed E-state index contributed by atoms with van der Waals surface area (Å²) < 4.78 is 10.7. The first-order valence-electron chi connectivity index (χ1n) is 7.66. The van der Waals surface area contributed by atoms with Crippen molar-refractivity contribution in [2.24, 2.45) is 0 Å². The summed E-state index contributed by atoms with van der Waals surface area (Å²) in [5, 5.41) is 10.4. The van der Waals surface area contributed by atoms with Crippen LogP contribution in [0, 0.1) is 0 Å². The number of aliphatic hydroxyl groups is 1. The van der Waals surface area contributed by atoms with Gasteiger partial charge in [0.05, 0.1) is 18.8 Å². The Bertz CT molecular complexity index is 509. The highest BCUT2D eigenvalue weighted by atomic mass is 16.5. The van der Waals surface area contributed by atoms with Crippen molar-refractivity contribution in [1.29, 1.82) is 0 Å². The fourth-order valence-corrected chi connectivity index (χ4v) is 2.94. The summed E-state index contributed by atoms with van der Waals surface area (Å²) in [7, 11) is 3.30. The molecular formula is C16H24N2O4. The summed E-state index contributed by atoms with van der Waals surface area (Å²) >= 11 is 0. The summed E-state index contributed by atoms with van der Waals surface area (Å²) in [6.45, 7) is 2.29. The Balaban J connectivity index is 2.18. The number of carbonyl (C=O) groups excluding carboxylic acids is 1. The van der Waals surface area contributed by atoms with Gasteiger partial charge in [0, 0.05) is 20.4 Å². The Morgan fingerprint density at radius 2 is 2.27 bits per heavy atom. The topological polar surface area (TPSA) is 71.9 Å². The zero-order valence-electron chi connectivity index (χ0n) is 13.4. The van der Waals surface area contributed by atoms with Crippen molar-refractivity contribution in [2.45, 2.75) is 44.4 Å². The van der Waals surface area contributed by atoms with Gasteiger partial charge in [0.15, 0.2) is 0 Å². The maximum Gasteiger partial charge on any atom is 0.259 e. The van der Waals surface area contributed by atoms with Gasteiger partial charge in [-0.15, -0.1) is 0 Å². The molecule has 1 N–H and O–H groups in total. The molecule has 1 fully saturated rings. The number of pyridine rings is 1. The summed E-state index contributed by atoms with van der Waals surface area (Å²) in [6, 6.07) is 3.14. The number of amides is 1. The first kappa shape index (κ1) is 16.7. The zero-order chi connectivity index (χ0) is 16.1. The quantitative estimate of drug-likeness (QED) is 0.892.